The van der Waals surface area contributed by atoms with E-state index in [9.17, 15) is 4.79 Å². The first kappa shape index (κ1) is 14.0. The molecule has 0 heterocycles. The lowest BCUT2D eigenvalue weighted by atomic mass is 10.1. The third-order valence-corrected chi connectivity index (χ3v) is 3.68. The first-order valence-corrected chi connectivity index (χ1v) is 6.87. The fraction of sp³-hybridized carbons (Fsp3) is 0.533. The number of benzene rings is 1. The zero-order chi connectivity index (χ0) is 13.9. The van der Waals surface area contributed by atoms with Gasteiger partial charge in [0.1, 0.15) is 0 Å². The lowest BCUT2D eigenvalue weighted by Gasteiger charge is -2.15. The largest absolute Gasteiger partial charge is 0.350 e. The number of hydrogen-bond acceptors (Lipinski definition) is 3. The SMILES string of the molecule is CCN(C)Cc1cccc(CNC(=O)C2(N)CC2)c1. The van der Waals surface area contributed by atoms with Crippen LogP contribution < -0.4 is 11.1 Å². The molecular weight excluding hydrogens is 238 g/mol. The van der Waals surface area contributed by atoms with Crippen molar-refractivity contribution in [2.75, 3.05) is 13.6 Å². The van der Waals surface area contributed by atoms with Crippen molar-refractivity contribution in [1.29, 1.82) is 0 Å². The molecule has 0 aromatic heterocycles. The minimum atomic E-state index is -0.583. The predicted octanol–water partition coefficient (Wildman–Crippen LogP) is 1.25. The predicted molar refractivity (Wildman–Crippen MR) is 76.4 cm³/mol. The molecule has 0 saturated heterocycles. The number of hydrogen-bond donors (Lipinski definition) is 2. The van der Waals surface area contributed by atoms with Gasteiger partial charge in [0, 0.05) is 13.1 Å². The molecule has 1 aromatic rings. The van der Waals surface area contributed by atoms with Gasteiger partial charge in [-0.3, -0.25) is 4.79 Å². The average molecular weight is 261 g/mol. The average Bonchev–Trinajstić information content (AvgIpc) is 3.15. The van der Waals surface area contributed by atoms with Crippen LogP contribution in [0.4, 0.5) is 0 Å². The summed E-state index contributed by atoms with van der Waals surface area (Å²) in [5.41, 5.74) is 7.66. The second-order valence-corrected chi connectivity index (χ2v) is 5.49. The summed E-state index contributed by atoms with van der Waals surface area (Å²) in [6.07, 6.45) is 1.61. The molecule has 4 heteroatoms. The van der Waals surface area contributed by atoms with E-state index in [2.05, 4.69) is 36.3 Å². The molecule has 1 fully saturated rings. The van der Waals surface area contributed by atoms with Crippen molar-refractivity contribution < 1.29 is 4.79 Å². The number of nitrogens with two attached hydrogens (primary N) is 1. The topological polar surface area (TPSA) is 58.4 Å². The highest BCUT2D eigenvalue weighted by Crippen LogP contribution is 2.32. The maximum Gasteiger partial charge on any atom is 0.240 e. The summed E-state index contributed by atoms with van der Waals surface area (Å²) < 4.78 is 0. The molecule has 1 aliphatic carbocycles. The Bertz CT molecular complexity index is 454. The Morgan fingerprint density at radius 2 is 2.11 bits per heavy atom. The van der Waals surface area contributed by atoms with E-state index in [0.29, 0.717) is 6.54 Å². The van der Waals surface area contributed by atoms with Crippen molar-refractivity contribution >= 4 is 5.91 Å². The lowest BCUT2D eigenvalue weighted by Crippen LogP contribution is -2.42. The second kappa shape index (κ2) is 5.72. The maximum atomic E-state index is 11.8. The number of nitrogens with zero attached hydrogens (tertiary/aromatic N) is 1. The van der Waals surface area contributed by atoms with E-state index in [1.165, 1.54) is 5.56 Å². The van der Waals surface area contributed by atoms with Gasteiger partial charge in [0.05, 0.1) is 5.54 Å². The van der Waals surface area contributed by atoms with Crippen LogP contribution in [0.15, 0.2) is 24.3 Å². The maximum absolute atomic E-state index is 11.8. The monoisotopic (exact) mass is 261 g/mol. The molecule has 1 aliphatic rings. The van der Waals surface area contributed by atoms with Crippen molar-refractivity contribution in [3.05, 3.63) is 35.4 Å². The fourth-order valence-electron chi connectivity index (χ4n) is 1.98. The van der Waals surface area contributed by atoms with Crippen LogP contribution in [-0.4, -0.2) is 29.9 Å². The molecule has 1 aromatic carbocycles. The Labute approximate surface area is 115 Å². The van der Waals surface area contributed by atoms with E-state index in [-0.39, 0.29) is 5.91 Å². The normalized spacial score (nSPS) is 16.4. The molecule has 0 unspecified atom stereocenters. The van der Waals surface area contributed by atoms with Crippen LogP contribution in [0, 0.1) is 0 Å². The molecule has 0 atom stereocenters. The van der Waals surface area contributed by atoms with Crippen molar-refractivity contribution in [2.24, 2.45) is 5.73 Å². The third kappa shape index (κ3) is 3.78. The van der Waals surface area contributed by atoms with Crippen LogP contribution in [0.3, 0.4) is 0 Å². The molecule has 19 heavy (non-hydrogen) atoms. The van der Waals surface area contributed by atoms with Crippen LogP contribution >= 0.6 is 0 Å². The van der Waals surface area contributed by atoms with E-state index >= 15 is 0 Å². The summed E-state index contributed by atoms with van der Waals surface area (Å²) in [6.45, 7) is 4.65. The van der Waals surface area contributed by atoms with E-state index in [1.807, 2.05) is 12.1 Å². The van der Waals surface area contributed by atoms with Gasteiger partial charge in [0.2, 0.25) is 5.91 Å². The first-order chi connectivity index (χ1) is 9.03. The molecule has 4 nitrogen and oxygen atoms in total. The van der Waals surface area contributed by atoms with E-state index < -0.39 is 5.54 Å². The van der Waals surface area contributed by atoms with Crippen LogP contribution in [-0.2, 0) is 17.9 Å². The summed E-state index contributed by atoms with van der Waals surface area (Å²) in [5.74, 6) is -0.0245. The zero-order valence-corrected chi connectivity index (χ0v) is 11.8. The Kier molecular flexibility index (Phi) is 4.22. The zero-order valence-electron chi connectivity index (χ0n) is 11.8. The van der Waals surface area contributed by atoms with E-state index in [4.69, 9.17) is 5.73 Å². The van der Waals surface area contributed by atoms with Crippen molar-refractivity contribution in [2.45, 2.75) is 38.4 Å². The minimum Gasteiger partial charge on any atom is -0.350 e. The second-order valence-electron chi connectivity index (χ2n) is 5.49. The van der Waals surface area contributed by atoms with Crippen LogP contribution in [0.5, 0.6) is 0 Å². The van der Waals surface area contributed by atoms with Gasteiger partial charge in [-0.2, -0.15) is 0 Å². The Balaban J connectivity index is 1.89. The van der Waals surface area contributed by atoms with Gasteiger partial charge in [-0.1, -0.05) is 31.2 Å². The Hall–Kier alpha value is -1.39. The van der Waals surface area contributed by atoms with Gasteiger partial charge in [-0.15, -0.1) is 0 Å². The fourth-order valence-corrected chi connectivity index (χ4v) is 1.98. The Morgan fingerprint density at radius 1 is 1.42 bits per heavy atom. The molecule has 1 saturated carbocycles. The number of carbonyl (C=O) groups excluding carboxylic acids is 1. The molecule has 2 rings (SSSR count). The summed E-state index contributed by atoms with van der Waals surface area (Å²) in [7, 11) is 2.10. The van der Waals surface area contributed by atoms with E-state index in [1.54, 1.807) is 0 Å². The smallest absolute Gasteiger partial charge is 0.240 e. The number of rotatable bonds is 6. The van der Waals surface area contributed by atoms with Crippen LogP contribution in [0.1, 0.15) is 30.9 Å². The molecule has 1 amide bonds. The van der Waals surface area contributed by atoms with E-state index in [0.717, 1.165) is 31.5 Å². The minimum absolute atomic E-state index is 0.0245. The van der Waals surface area contributed by atoms with Gasteiger partial charge >= 0.3 is 0 Å². The molecule has 0 aliphatic heterocycles. The number of carbonyl (C=O) groups is 1. The highest BCUT2D eigenvalue weighted by Gasteiger charge is 2.45. The summed E-state index contributed by atoms with van der Waals surface area (Å²) in [4.78, 5) is 14.0. The summed E-state index contributed by atoms with van der Waals surface area (Å²) in [6, 6.07) is 8.33. The van der Waals surface area contributed by atoms with Gasteiger partial charge in [-0.05, 0) is 37.6 Å². The third-order valence-electron chi connectivity index (χ3n) is 3.68. The van der Waals surface area contributed by atoms with Gasteiger partial charge < -0.3 is 16.0 Å². The quantitative estimate of drug-likeness (QED) is 0.810. The highest BCUT2D eigenvalue weighted by atomic mass is 16.2. The summed E-state index contributed by atoms with van der Waals surface area (Å²) in [5, 5.41) is 2.92. The lowest BCUT2D eigenvalue weighted by molar-refractivity contribution is -0.123. The molecular formula is C15H23N3O. The highest BCUT2D eigenvalue weighted by molar-refractivity contribution is 5.88. The van der Waals surface area contributed by atoms with Gasteiger partial charge in [0.15, 0.2) is 0 Å². The van der Waals surface area contributed by atoms with Gasteiger partial charge in [0.25, 0.3) is 0 Å². The molecule has 0 bridgehead atoms. The first-order valence-electron chi connectivity index (χ1n) is 6.87. The number of amides is 1. The van der Waals surface area contributed by atoms with Crippen molar-refractivity contribution in [3.8, 4) is 0 Å². The van der Waals surface area contributed by atoms with Crippen molar-refractivity contribution in [3.63, 3.8) is 0 Å². The standard InChI is InChI=1S/C15H23N3O/c1-3-18(2)11-13-6-4-5-12(9-13)10-17-14(19)15(16)7-8-15/h4-6,9H,3,7-8,10-11,16H2,1-2H3,(H,17,19). The van der Waals surface area contributed by atoms with Crippen LogP contribution in [0.25, 0.3) is 0 Å². The van der Waals surface area contributed by atoms with Gasteiger partial charge in [-0.25, -0.2) is 0 Å². The molecule has 0 radical (unpaired) electrons. The van der Waals surface area contributed by atoms with Crippen LogP contribution in [0.2, 0.25) is 0 Å². The molecule has 104 valence electrons. The summed E-state index contributed by atoms with van der Waals surface area (Å²) >= 11 is 0. The number of nitrogens with one attached hydrogen (secondary N) is 1. The Morgan fingerprint density at radius 3 is 2.74 bits per heavy atom. The van der Waals surface area contributed by atoms with Crippen molar-refractivity contribution in [1.82, 2.24) is 10.2 Å². The molecule has 3 N–H and O–H groups in total. The molecule has 0 spiro atoms.